The number of pyridine rings is 2. The van der Waals surface area contributed by atoms with E-state index in [9.17, 15) is 0 Å². The number of hydrogen-bond acceptors (Lipinski definition) is 6. The molecule has 6 nitrogen and oxygen atoms in total. The molecule has 0 bridgehead atoms. The molecular weight excluding hydrogens is 540 g/mol. The first kappa shape index (κ1) is 25.6. The maximum atomic E-state index is 5.02. The van der Waals surface area contributed by atoms with Crippen LogP contribution in [0.25, 0.3) is 78.2 Å². The van der Waals surface area contributed by atoms with Crippen molar-refractivity contribution in [1.82, 2.24) is 29.9 Å². The standard InChI is InChI=1S/C38H24N6/c1-3-7-33-31(5-1)41-35(37(43-33)29-17-21-39-22-18-29)27-13-9-25(10-14-27)26-11-15-28(16-12-26)36-38(30-19-23-40-24-20-30)44-34-8-4-2-6-32(34)42-36/h1-24H. The number of para-hydroxylation sites is 4. The first-order valence-corrected chi connectivity index (χ1v) is 14.4. The Hall–Kier alpha value is -6.14. The third-order valence-electron chi connectivity index (χ3n) is 7.70. The molecule has 0 N–H and O–H groups in total. The summed E-state index contributed by atoms with van der Waals surface area (Å²) in [6.45, 7) is 0. The fraction of sp³-hybridized carbons (Fsp3) is 0. The Kier molecular flexibility index (Phi) is 6.35. The van der Waals surface area contributed by atoms with Crippen molar-refractivity contribution in [2.45, 2.75) is 0 Å². The topological polar surface area (TPSA) is 77.3 Å². The molecule has 4 heterocycles. The van der Waals surface area contributed by atoms with Crippen LogP contribution in [0.15, 0.2) is 146 Å². The largest absolute Gasteiger partial charge is 0.265 e. The van der Waals surface area contributed by atoms with Gasteiger partial charge in [-0.15, -0.1) is 0 Å². The molecule has 0 fully saturated rings. The van der Waals surface area contributed by atoms with Crippen LogP contribution in [-0.2, 0) is 0 Å². The maximum absolute atomic E-state index is 5.02. The number of hydrogen-bond donors (Lipinski definition) is 0. The highest BCUT2D eigenvalue weighted by atomic mass is 14.8. The van der Waals surface area contributed by atoms with Gasteiger partial charge >= 0.3 is 0 Å². The minimum atomic E-state index is 0.838. The Morgan fingerprint density at radius 2 is 0.500 bits per heavy atom. The quantitative estimate of drug-likeness (QED) is 0.208. The summed E-state index contributed by atoms with van der Waals surface area (Å²) in [6, 6.07) is 40.8. The highest BCUT2D eigenvalue weighted by molar-refractivity contribution is 5.88. The minimum Gasteiger partial charge on any atom is -0.265 e. The second-order valence-electron chi connectivity index (χ2n) is 10.4. The van der Waals surface area contributed by atoms with Gasteiger partial charge in [0.1, 0.15) is 0 Å². The molecular formula is C38H24N6. The maximum Gasteiger partial charge on any atom is 0.0974 e. The van der Waals surface area contributed by atoms with Gasteiger partial charge < -0.3 is 0 Å². The second kappa shape index (κ2) is 10.9. The van der Waals surface area contributed by atoms with E-state index in [0.29, 0.717) is 0 Å². The average Bonchev–Trinajstić information content (AvgIpc) is 3.11. The van der Waals surface area contributed by atoms with Crippen LogP contribution in [0.1, 0.15) is 0 Å². The average molecular weight is 565 g/mol. The van der Waals surface area contributed by atoms with Crippen LogP contribution in [-0.4, -0.2) is 29.9 Å². The normalized spacial score (nSPS) is 11.2. The van der Waals surface area contributed by atoms with Crippen molar-refractivity contribution in [2.75, 3.05) is 0 Å². The summed E-state index contributed by atoms with van der Waals surface area (Å²) in [6.07, 6.45) is 7.14. The van der Waals surface area contributed by atoms with E-state index in [-0.39, 0.29) is 0 Å². The zero-order valence-corrected chi connectivity index (χ0v) is 23.5. The van der Waals surface area contributed by atoms with Crippen LogP contribution in [0.2, 0.25) is 0 Å². The van der Waals surface area contributed by atoms with Crippen molar-refractivity contribution >= 4 is 22.1 Å². The number of nitrogens with zero attached hydrogens (tertiary/aromatic N) is 6. The van der Waals surface area contributed by atoms with Gasteiger partial charge in [-0.1, -0.05) is 72.8 Å². The zero-order chi connectivity index (χ0) is 29.3. The summed E-state index contributed by atoms with van der Waals surface area (Å²) in [5.74, 6) is 0. The fourth-order valence-electron chi connectivity index (χ4n) is 5.47. The Morgan fingerprint density at radius 3 is 0.795 bits per heavy atom. The van der Waals surface area contributed by atoms with Gasteiger partial charge in [0.15, 0.2) is 0 Å². The molecule has 0 aliphatic carbocycles. The van der Waals surface area contributed by atoms with Crippen LogP contribution < -0.4 is 0 Å². The molecule has 8 aromatic rings. The summed E-state index contributed by atoms with van der Waals surface area (Å²) >= 11 is 0. The molecule has 0 atom stereocenters. The lowest BCUT2D eigenvalue weighted by Crippen LogP contribution is -1.96. The Labute approximate surface area is 253 Å². The summed E-state index contributed by atoms with van der Waals surface area (Å²) in [5.41, 5.74) is 13.0. The SMILES string of the molecule is c1ccc2nc(-c3ccc(-c4ccc(-c5nc6ccccc6nc5-c5ccncc5)cc4)cc3)c(-c3ccncc3)nc2c1. The molecule has 0 aliphatic heterocycles. The smallest absolute Gasteiger partial charge is 0.0974 e. The number of rotatable bonds is 5. The van der Waals surface area contributed by atoms with E-state index in [1.165, 1.54) is 0 Å². The van der Waals surface area contributed by atoms with E-state index in [4.69, 9.17) is 19.9 Å². The van der Waals surface area contributed by atoms with E-state index >= 15 is 0 Å². The Bertz CT molecular complexity index is 2090. The van der Waals surface area contributed by atoms with Gasteiger partial charge in [-0.3, -0.25) is 9.97 Å². The van der Waals surface area contributed by atoms with Crippen molar-refractivity contribution in [2.24, 2.45) is 0 Å². The number of benzene rings is 4. The van der Waals surface area contributed by atoms with Gasteiger partial charge in [0.25, 0.3) is 0 Å². The van der Waals surface area contributed by atoms with E-state index in [1.54, 1.807) is 24.8 Å². The highest BCUT2D eigenvalue weighted by Crippen LogP contribution is 2.34. The molecule has 0 aliphatic rings. The predicted octanol–water partition coefficient (Wildman–Crippen LogP) is 8.70. The molecule has 0 unspecified atom stereocenters. The lowest BCUT2D eigenvalue weighted by atomic mass is 9.98. The Morgan fingerprint density at radius 1 is 0.250 bits per heavy atom. The van der Waals surface area contributed by atoms with Crippen molar-refractivity contribution in [3.05, 3.63) is 146 Å². The second-order valence-corrected chi connectivity index (χ2v) is 10.4. The van der Waals surface area contributed by atoms with E-state index in [0.717, 1.165) is 78.2 Å². The van der Waals surface area contributed by atoms with Crippen molar-refractivity contribution in [3.8, 4) is 56.2 Å². The van der Waals surface area contributed by atoms with Crippen molar-refractivity contribution < 1.29 is 0 Å². The lowest BCUT2D eigenvalue weighted by Gasteiger charge is -2.12. The Balaban J connectivity index is 1.16. The highest BCUT2D eigenvalue weighted by Gasteiger charge is 2.15. The lowest BCUT2D eigenvalue weighted by molar-refractivity contribution is 1.27. The van der Waals surface area contributed by atoms with E-state index < -0.39 is 0 Å². The third-order valence-corrected chi connectivity index (χ3v) is 7.70. The van der Waals surface area contributed by atoms with Crippen LogP contribution in [0.3, 0.4) is 0 Å². The molecule has 4 aromatic heterocycles. The zero-order valence-electron chi connectivity index (χ0n) is 23.5. The van der Waals surface area contributed by atoms with Crippen LogP contribution in [0, 0.1) is 0 Å². The van der Waals surface area contributed by atoms with E-state index in [1.807, 2.05) is 72.8 Å². The first-order valence-electron chi connectivity index (χ1n) is 14.4. The van der Waals surface area contributed by atoms with Gasteiger partial charge in [0, 0.05) is 47.0 Å². The summed E-state index contributed by atoms with van der Waals surface area (Å²) in [5, 5.41) is 0. The monoisotopic (exact) mass is 564 g/mol. The molecule has 0 saturated heterocycles. The fourth-order valence-corrected chi connectivity index (χ4v) is 5.47. The van der Waals surface area contributed by atoms with E-state index in [2.05, 4.69) is 58.5 Å². The molecule has 44 heavy (non-hydrogen) atoms. The van der Waals surface area contributed by atoms with Crippen molar-refractivity contribution in [3.63, 3.8) is 0 Å². The minimum absolute atomic E-state index is 0.838. The van der Waals surface area contributed by atoms with Gasteiger partial charge in [-0.05, 0) is 59.7 Å². The summed E-state index contributed by atoms with van der Waals surface area (Å²) in [7, 11) is 0. The summed E-state index contributed by atoms with van der Waals surface area (Å²) in [4.78, 5) is 28.4. The molecule has 206 valence electrons. The van der Waals surface area contributed by atoms with Gasteiger partial charge in [-0.25, -0.2) is 19.9 Å². The predicted molar refractivity (Wildman–Crippen MR) is 175 cm³/mol. The molecule has 8 rings (SSSR count). The van der Waals surface area contributed by atoms with Gasteiger partial charge in [0.05, 0.1) is 44.8 Å². The van der Waals surface area contributed by atoms with Crippen LogP contribution in [0.5, 0.6) is 0 Å². The first-order chi connectivity index (χ1) is 21.8. The molecule has 0 saturated carbocycles. The number of aromatic nitrogens is 6. The summed E-state index contributed by atoms with van der Waals surface area (Å²) < 4.78 is 0. The van der Waals surface area contributed by atoms with Crippen LogP contribution in [0.4, 0.5) is 0 Å². The molecule has 0 spiro atoms. The molecule has 0 amide bonds. The molecule has 4 aromatic carbocycles. The van der Waals surface area contributed by atoms with Crippen LogP contribution >= 0.6 is 0 Å². The van der Waals surface area contributed by atoms with Crippen molar-refractivity contribution in [1.29, 1.82) is 0 Å². The molecule has 6 heteroatoms. The van der Waals surface area contributed by atoms with Gasteiger partial charge in [-0.2, -0.15) is 0 Å². The van der Waals surface area contributed by atoms with Gasteiger partial charge in [0.2, 0.25) is 0 Å². The third kappa shape index (κ3) is 4.74. The number of fused-ring (bicyclic) bond motifs is 2. The molecule has 0 radical (unpaired) electrons.